The van der Waals surface area contributed by atoms with E-state index in [1.54, 1.807) is 12.4 Å². The third kappa shape index (κ3) is 7.27. The van der Waals surface area contributed by atoms with Crippen LogP contribution in [-0.2, 0) is 17.9 Å². The number of carbonyl (C=O) groups is 1. The van der Waals surface area contributed by atoms with Gasteiger partial charge in [-0.25, -0.2) is 8.78 Å². The quantitative estimate of drug-likeness (QED) is 0.713. The molecule has 1 amide bonds. The van der Waals surface area contributed by atoms with Crippen molar-refractivity contribution in [2.45, 2.75) is 58.7 Å². The van der Waals surface area contributed by atoms with Crippen molar-refractivity contribution in [3.63, 3.8) is 0 Å². The van der Waals surface area contributed by atoms with E-state index >= 15 is 0 Å². The Hall–Kier alpha value is -2.45. The topological polar surface area (TPSA) is 61.4 Å². The average molecular weight is 460 g/mol. The van der Waals surface area contributed by atoms with Gasteiger partial charge in [0.25, 0.3) is 0 Å². The summed E-state index contributed by atoms with van der Waals surface area (Å²) in [5.74, 6) is -0.710. The molecule has 0 unspecified atom stereocenters. The second-order valence-electron chi connectivity index (χ2n) is 8.52. The predicted molar refractivity (Wildman–Crippen MR) is 124 cm³/mol. The summed E-state index contributed by atoms with van der Waals surface area (Å²) in [6.07, 6.45) is 6.98. The number of likely N-dealkylation sites (tertiary alicyclic amines) is 2. The van der Waals surface area contributed by atoms with Gasteiger partial charge < -0.3 is 10.2 Å². The monoisotopic (exact) mass is 459 g/mol. The molecule has 0 spiro atoms. The van der Waals surface area contributed by atoms with Crippen molar-refractivity contribution in [1.29, 1.82) is 0 Å². The summed E-state index contributed by atoms with van der Waals surface area (Å²) >= 11 is 0. The molecule has 2 saturated heterocycles. The molecule has 0 bridgehead atoms. The number of hydrogen-bond donors (Lipinski definition) is 1. The molecule has 2 aliphatic heterocycles. The molecular weight excluding hydrogens is 424 g/mol. The van der Waals surface area contributed by atoms with Crippen LogP contribution in [0.3, 0.4) is 0 Å². The Morgan fingerprint density at radius 1 is 1.03 bits per heavy atom. The van der Waals surface area contributed by atoms with E-state index in [1.165, 1.54) is 12.1 Å². The Kier molecular flexibility index (Phi) is 9.69. The maximum absolute atomic E-state index is 13.8. The van der Waals surface area contributed by atoms with Crippen LogP contribution in [0.5, 0.6) is 0 Å². The van der Waals surface area contributed by atoms with Crippen LogP contribution in [0.4, 0.5) is 8.78 Å². The lowest BCUT2D eigenvalue weighted by Gasteiger charge is -2.37. The van der Waals surface area contributed by atoms with Crippen molar-refractivity contribution in [1.82, 2.24) is 25.3 Å². The van der Waals surface area contributed by atoms with E-state index in [0.29, 0.717) is 12.1 Å². The molecule has 33 heavy (non-hydrogen) atoms. The smallest absolute Gasteiger partial charge is 0.225 e. The standard InChI is InChI=1S/C23H29F2N5O.C2H6/c24-20-2-1-19(22(25)13-20)15-26-21-6-11-30(12-7-21)23(31)18-4-9-29(10-5-18)16-17-3-8-27-28-14-17;1-2/h1-3,8,13-14,18,21,26H,4-7,9-12,15-16H2;1-2H3. The van der Waals surface area contributed by atoms with Gasteiger partial charge in [0.15, 0.2) is 0 Å². The molecule has 1 aromatic heterocycles. The van der Waals surface area contributed by atoms with Crippen LogP contribution in [0.2, 0.25) is 0 Å². The van der Waals surface area contributed by atoms with Crippen LogP contribution in [0.25, 0.3) is 0 Å². The largest absolute Gasteiger partial charge is 0.342 e. The number of carbonyl (C=O) groups excluding carboxylic acids is 1. The Morgan fingerprint density at radius 3 is 2.39 bits per heavy atom. The molecule has 1 N–H and O–H groups in total. The van der Waals surface area contributed by atoms with Gasteiger partial charge in [0.2, 0.25) is 5.91 Å². The minimum atomic E-state index is -0.562. The highest BCUT2D eigenvalue weighted by Gasteiger charge is 2.30. The fourth-order valence-electron chi connectivity index (χ4n) is 4.49. The number of halogens is 2. The lowest BCUT2D eigenvalue weighted by molar-refractivity contribution is -0.138. The lowest BCUT2D eigenvalue weighted by atomic mass is 9.93. The highest BCUT2D eigenvalue weighted by Crippen LogP contribution is 2.23. The summed E-state index contributed by atoms with van der Waals surface area (Å²) in [6, 6.07) is 5.89. The minimum Gasteiger partial charge on any atom is -0.342 e. The van der Waals surface area contributed by atoms with Gasteiger partial charge in [-0.3, -0.25) is 9.69 Å². The molecule has 0 atom stereocenters. The van der Waals surface area contributed by atoms with E-state index in [1.807, 2.05) is 24.8 Å². The van der Waals surface area contributed by atoms with E-state index in [4.69, 9.17) is 0 Å². The van der Waals surface area contributed by atoms with Crippen LogP contribution < -0.4 is 5.32 Å². The molecule has 0 aliphatic carbocycles. The molecule has 3 heterocycles. The highest BCUT2D eigenvalue weighted by molar-refractivity contribution is 5.79. The second-order valence-corrected chi connectivity index (χ2v) is 8.52. The SMILES string of the molecule is CC.O=C(C1CCN(Cc2ccnnc2)CC1)N1CCC(NCc2ccc(F)cc2F)CC1. The summed E-state index contributed by atoms with van der Waals surface area (Å²) in [5.41, 5.74) is 1.61. The number of rotatable bonds is 6. The molecule has 1 aromatic carbocycles. The van der Waals surface area contributed by atoms with Gasteiger partial charge in [-0.15, -0.1) is 0 Å². The fourth-order valence-corrected chi connectivity index (χ4v) is 4.49. The van der Waals surface area contributed by atoms with E-state index < -0.39 is 11.6 Å². The number of amides is 1. The van der Waals surface area contributed by atoms with Crippen LogP contribution in [0.15, 0.2) is 36.7 Å². The number of piperidine rings is 2. The van der Waals surface area contributed by atoms with Crippen molar-refractivity contribution < 1.29 is 13.6 Å². The van der Waals surface area contributed by atoms with E-state index in [2.05, 4.69) is 20.4 Å². The number of hydrogen-bond acceptors (Lipinski definition) is 5. The molecule has 180 valence electrons. The molecule has 2 aromatic rings. The van der Waals surface area contributed by atoms with Crippen molar-refractivity contribution in [3.05, 3.63) is 59.4 Å². The summed E-state index contributed by atoms with van der Waals surface area (Å²) in [4.78, 5) is 17.3. The predicted octanol–water partition coefficient (Wildman–Crippen LogP) is 3.77. The number of nitrogens with zero attached hydrogens (tertiary/aromatic N) is 4. The van der Waals surface area contributed by atoms with Crippen LogP contribution in [0.1, 0.15) is 50.7 Å². The molecule has 0 saturated carbocycles. The first-order valence-electron chi connectivity index (χ1n) is 12.0. The van der Waals surface area contributed by atoms with Gasteiger partial charge >= 0.3 is 0 Å². The van der Waals surface area contributed by atoms with Crippen molar-refractivity contribution >= 4 is 5.91 Å². The van der Waals surface area contributed by atoms with Crippen LogP contribution >= 0.6 is 0 Å². The molecule has 0 radical (unpaired) electrons. The summed E-state index contributed by atoms with van der Waals surface area (Å²) in [6.45, 7) is 8.51. The first-order valence-corrected chi connectivity index (χ1v) is 12.0. The first kappa shape index (κ1) is 25.2. The Labute approximate surface area is 195 Å². The van der Waals surface area contributed by atoms with Gasteiger partial charge in [-0.2, -0.15) is 10.2 Å². The number of nitrogens with one attached hydrogen (secondary N) is 1. The number of benzene rings is 1. The van der Waals surface area contributed by atoms with Gasteiger partial charge in [-0.1, -0.05) is 19.9 Å². The molecular formula is C25H35F2N5O. The average Bonchev–Trinajstić information content (AvgIpc) is 2.86. The van der Waals surface area contributed by atoms with Gasteiger partial charge in [0.05, 0.1) is 6.20 Å². The minimum absolute atomic E-state index is 0.102. The zero-order chi connectivity index (χ0) is 23.6. The second kappa shape index (κ2) is 12.7. The molecule has 4 rings (SSSR count). The van der Waals surface area contributed by atoms with Gasteiger partial charge in [0.1, 0.15) is 11.6 Å². The fraction of sp³-hybridized carbons (Fsp3) is 0.560. The first-order chi connectivity index (χ1) is 16.1. The summed E-state index contributed by atoms with van der Waals surface area (Å²) in [5, 5.41) is 11.1. The van der Waals surface area contributed by atoms with E-state index in [0.717, 1.165) is 70.0 Å². The van der Waals surface area contributed by atoms with Crippen LogP contribution in [-0.4, -0.2) is 58.1 Å². The normalized spacial score (nSPS) is 18.0. The van der Waals surface area contributed by atoms with Crippen molar-refractivity contribution in [2.75, 3.05) is 26.2 Å². The molecule has 6 nitrogen and oxygen atoms in total. The lowest BCUT2D eigenvalue weighted by Crippen LogP contribution is -2.48. The molecule has 8 heteroatoms. The number of aromatic nitrogens is 2. The molecule has 2 aliphatic rings. The zero-order valence-corrected chi connectivity index (χ0v) is 19.6. The Bertz CT molecular complexity index is 866. The maximum Gasteiger partial charge on any atom is 0.225 e. The van der Waals surface area contributed by atoms with Gasteiger partial charge in [-0.05, 0) is 56.5 Å². The van der Waals surface area contributed by atoms with Crippen molar-refractivity contribution in [3.8, 4) is 0 Å². The summed E-state index contributed by atoms with van der Waals surface area (Å²) in [7, 11) is 0. The maximum atomic E-state index is 13.8. The highest BCUT2D eigenvalue weighted by atomic mass is 19.1. The summed E-state index contributed by atoms with van der Waals surface area (Å²) < 4.78 is 26.8. The van der Waals surface area contributed by atoms with E-state index in [9.17, 15) is 13.6 Å². The Balaban J connectivity index is 0.00000149. The Morgan fingerprint density at radius 2 is 1.76 bits per heavy atom. The third-order valence-electron chi connectivity index (χ3n) is 6.39. The van der Waals surface area contributed by atoms with Crippen LogP contribution in [0, 0.1) is 17.6 Å². The van der Waals surface area contributed by atoms with E-state index in [-0.39, 0.29) is 17.9 Å². The zero-order valence-electron chi connectivity index (χ0n) is 19.6. The third-order valence-corrected chi connectivity index (χ3v) is 6.39. The molecule has 2 fully saturated rings. The van der Waals surface area contributed by atoms with Gasteiger partial charge in [0, 0.05) is 56.0 Å². The van der Waals surface area contributed by atoms with Crippen molar-refractivity contribution in [2.24, 2.45) is 5.92 Å².